The van der Waals surface area contributed by atoms with Crippen LogP contribution in [0.1, 0.15) is 130 Å². The van der Waals surface area contributed by atoms with Crippen molar-refractivity contribution in [2.45, 2.75) is 201 Å². The summed E-state index contributed by atoms with van der Waals surface area (Å²) in [6.07, 6.45) is 13.2. The third kappa shape index (κ3) is 17.0. The van der Waals surface area contributed by atoms with E-state index in [1.54, 1.807) is 66.4 Å². The van der Waals surface area contributed by atoms with Crippen molar-refractivity contribution < 1.29 is 84.0 Å². The summed E-state index contributed by atoms with van der Waals surface area (Å²) >= 11 is 0. The van der Waals surface area contributed by atoms with E-state index in [1.165, 1.54) is 47.6 Å². The van der Waals surface area contributed by atoms with Gasteiger partial charge in [0.2, 0.25) is 50.0 Å². The maximum atomic E-state index is 14.2. The van der Waals surface area contributed by atoms with Gasteiger partial charge >= 0.3 is 6.09 Å². The standard InChI is InChI=1S/C35H45N5O9S.C29H36N4O8S.C6H11NO/c1-5-22-18-35(22,33(43)39-50(45,46)26-11-12-26)38-30(41)28-17-25(48-31-27-13-10-24(47-4)16-21(27)14-15-36-31)19-40(28)32(42)29(20(2)3)49-34(44)37-23-8-6-7-9-23;1-5-18-14-29(18,28(37)32-42(38,39)21-7-8-21)31-25(35)23-13-20(15-33(23)27(36)24(34)16(2)3)41-26-22-9-6-19(40-4)12-17(22)10-11-30-26;8-5-7-6-3-1-2-4-6/h5,10,13-16,20,22-23,25-26,28-29H,1,6-9,11-12,17-19H2,2-4H3,(H,37,44)(H,38,41)(H,39,43);5-6,9-12,16,18,20-21,23-24,34H,1,7-8,13-15H2,2-4H3,(H,31,35)(H,32,37);5-6H,1-4H2,(H,7,8)/t22-,25-,28+,29+,35-;18-,20-,23+,24+,29-;/m11./s1. The first-order chi connectivity index (χ1) is 47.7. The van der Waals surface area contributed by atoms with Crippen molar-refractivity contribution in [3.63, 3.8) is 0 Å². The normalized spacial score (nSPS) is 25.4. The van der Waals surface area contributed by atoms with Crippen LogP contribution in [0.3, 0.4) is 0 Å². The van der Waals surface area contributed by atoms with Crippen molar-refractivity contribution in [2.24, 2.45) is 23.7 Å². The van der Waals surface area contributed by atoms with Gasteiger partial charge in [-0.05, 0) is 135 Å². The number of alkyl carbamates (subject to hydrolysis) is 1. The Bertz CT molecular complexity index is 3990. The van der Waals surface area contributed by atoms with Gasteiger partial charge in [0.05, 0.1) is 37.8 Å². The van der Waals surface area contributed by atoms with Crippen molar-refractivity contribution in [1.82, 2.24) is 50.5 Å². The smallest absolute Gasteiger partial charge is 0.408 e. The highest BCUT2D eigenvalue weighted by atomic mass is 32.2. The lowest BCUT2D eigenvalue weighted by molar-refractivity contribution is -0.148. The molecule has 6 saturated carbocycles. The van der Waals surface area contributed by atoms with Crippen molar-refractivity contribution in [3.05, 3.63) is 86.2 Å². The number of likely N-dealkylation sites (tertiary alicyclic amines) is 2. The Balaban J connectivity index is 0.000000196. The molecule has 10 atom stereocenters. The lowest BCUT2D eigenvalue weighted by atomic mass is 10.0. The minimum atomic E-state index is -3.89. The van der Waals surface area contributed by atoms with E-state index in [0.717, 1.165) is 42.9 Å². The number of aliphatic hydroxyl groups excluding tert-OH is 1. The molecule has 30 heteroatoms. The van der Waals surface area contributed by atoms with Crippen molar-refractivity contribution in [3.8, 4) is 23.3 Å². The number of hydrogen-bond donors (Lipinski definition) is 7. The molecule has 8 fully saturated rings. The summed E-state index contributed by atoms with van der Waals surface area (Å²) in [5, 5.41) is 23.5. The highest BCUT2D eigenvalue weighted by molar-refractivity contribution is 7.91. The van der Waals surface area contributed by atoms with Crippen LogP contribution >= 0.6 is 0 Å². The molecule has 2 aromatic carbocycles. The first kappa shape index (κ1) is 74.1. The predicted molar refractivity (Wildman–Crippen MR) is 367 cm³/mol. The average Bonchev–Trinajstić information content (AvgIpc) is 1.58. The van der Waals surface area contributed by atoms with E-state index in [9.17, 15) is 60.3 Å². The Morgan fingerprint density at radius 3 is 1.42 bits per heavy atom. The second-order valence-corrected chi connectivity index (χ2v) is 31.8. The van der Waals surface area contributed by atoms with E-state index in [-0.39, 0.29) is 44.8 Å². The number of nitrogens with one attached hydrogen (secondary N) is 6. The van der Waals surface area contributed by atoms with Crippen LogP contribution in [0.4, 0.5) is 4.79 Å². The Hall–Kier alpha value is -8.64. The second kappa shape index (κ2) is 31.1. The number of fused-ring (bicyclic) bond motifs is 2. The molecule has 2 aromatic heterocycles. The zero-order valence-electron chi connectivity index (χ0n) is 57.2. The zero-order chi connectivity index (χ0) is 72.0. The fourth-order valence-corrected chi connectivity index (χ4v) is 16.2. The van der Waals surface area contributed by atoms with Gasteiger partial charge in [-0.1, -0.05) is 65.5 Å². The Morgan fingerprint density at radius 1 is 0.610 bits per heavy atom. The lowest BCUT2D eigenvalue weighted by Gasteiger charge is -2.30. The maximum Gasteiger partial charge on any atom is 0.408 e. The molecule has 542 valence electrons. The zero-order valence-corrected chi connectivity index (χ0v) is 58.9. The number of amides is 8. The van der Waals surface area contributed by atoms with Crippen LogP contribution in [0.15, 0.2) is 86.2 Å². The molecule has 12 rings (SSSR count). The molecule has 7 N–H and O–H groups in total. The molecule has 100 heavy (non-hydrogen) atoms. The van der Waals surface area contributed by atoms with Crippen molar-refractivity contribution >= 4 is 89.5 Å². The average molecular weight is 1430 g/mol. The largest absolute Gasteiger partial charge is 0.497 e. The molecule has 0 bridgehead atoms. The quantitative estimate of drug-likeness (QED) is 0.0324. The number of nitrogens with zero attached hydrogens (tertiary/aromatic N) is 4. The van der Waals surface area contributed by atoms with Gasteiger partial charge < -0.3 is 59.9 Å². The third-order valence-electron chi connectivity index (χ3n) is 19.9. The summed E-state index contributed by atoms with van der Waals surface area (Å²) in [6.45, 7) is 14.3. The van der Waals surface area contributed by atoms with Crippen LogP contribution in [0.2, 0.25) is 0 Å². The summed E-state index contributed by atoms with van der Waals surface area (Å²) in [7, 11) is -4.59. The molecule has 2 aliphatic heterocycles. The summed E-state index contributed by atoms with van der Waals surface area (Å²) in [5.74, 6) is -4.12. The summed E-state index contributed by atoms with van der Waals surface area (Å²) in [4.78, 5) is 116. The molecular weight excluding hydrogens is 1330 g/mol. The topological polar surface area (TPSA) is 376 Å². The van der Waals surface area contributed by atoms with Crippen LogP contribution in [0.25, 0.3) is 21.5 Å². The number of benzene rings is 2. The Labute approximate surface area is 582 Å². The summed E-state index contributed by atoms with van der Waals surface area (Å²) in [5.41, 5.74) is -3.04. The monoisotopic (exact) mass is 1420 g/mol. The fraction of sp³-hybridized carbons (Fsp3) is 0.571. The molecule has 8 aliphatic rings. The number of sulfonamides is 2. The number of aromatic nitrogens is 2. The van der Waals surface area contributed by atoms with Crippen LogP contribution < -0.4 is 49.7 Å². The molecule has 28 nitrogen and oxygen atoms in total. The van der Waals surface area contributed by atoms with E-state index < -0.39 is 143 Å². The number of methoxy groups -OCH3 is 2. The fourth-order valence-electron chi connectivity index (χ4n) is 13.5. The van der Waals surface area contributed by atoms with Crippen molar-refractivity contribution in [1.29, 1.82) is 0 Å². The molecule has 8 amide bonds. The summed E-state index contributed by atoms with van der Waals surface area (Å²) in [6, 6.07) is 12.7. The van der Waals surface area contributed by atoms with Crippen LogP contribution in [0.5, 0.6) is 23.3 Å². The lowest BCUT2D eigenvalue weighted by Crippen LogP contribution is -2.57. The van der Waals surface area contributed by atoms with Gasteiger partial charge in [-0.15, -0.1) is 13.2 Å². The van der Waals surface area contributed by atoms with Gasteiger partial charge in [0.1, 0.15) is 53.0 Å². The van der Waals surface area contributed by atoms with Crippen LogP contribution in [-0.2, 0) is 58.3 Å². The van der Waals surface area contributed by atoms with Gasteiger partial charge in [0.25, 0.3) is 23.6 Å². The minimum Gasteiger partial charge on any atom is -0.497 e. The van der Waals surface area contributed by atoms with Crippen LogP contribution in [-0.4, -0.2) is 187 Å². The van der Waals surface area contributed by atoms with Crippen LogP contribution in [0, 0.1) is 23.7 Å². The maximum absolute atomic E-state index is 14.2. The number of carbonyl (C=O) groups is 8. The molecule has 0 spiro atoms. The third-order valence-corrected chi connectivity index (χ3v) is 23.6. The van der Waals surface area contributed by atoms with Gasteiger partial charge in [0.15, 0.2) is 6.10 Å². The molecule has 4 aromatic rings. The summed E-state index contributed by atoms with van der Waals surface area (Å²) < 4.78 is 83.4. The molecule has 0 radical (unpaired) electrons. The van der Waals surface area contributed by atoms with E-state index in [0.29, 0.717) is 65.8 Å². The number of pyridine rings is 2. The van der Waals surface area contributed by atoms with Crippen molar-refractivity contribution in [2.75, 3.05) is 27.3 Å². The number of hydrogen-bond acceptors (Lipinski definition) is 20. The molecule has 0 unspecified atom stereocenters. The molecule has 2 saturated heterocycles. The van der Waals surface area contributed by atoms with E-state index in [2.05, 4.69) is 53.8 Å². The first-order valence-corrected chi connectivity index (χ1v) is 37.4. The predicted octanol–water partition coefficient (Wildman–Crippen LogP) is 4.91. The SMILES string of the molecule is C=C[C@@H]1C[C@]1(NC(=O)[C@@H]1C[C@@H](Oc2nccc3cc(OC)ccc23)CN1C(=O)[C@@H](O)C(C)C)C(=O)NS(=O)(=O)C1CC1.C=C[C@@H]1C[C@]1(NC(=O)[C@@H]1C[C@@H](Oc2nccc3cc(OC)ccc23)CN1C(=O)[C@@H](OC(=O)NC1CCCC1)C(C)C)C(=O)NS(=O)(=O)C1CC1.O=CNC1CCCC1. The van der Waals surface area contributed by atoms with Gasteiger partial charge in [-0.3, -0.25) is 43.0 Å². The molecule has 6 aliphatic carbocycles. The van der Waals surface area contributed by atoms with Gasteiger partial charge in [-0.2, -0.15) is 0 Å². The number of carbonyl (C=O) groups excluding carboxylic acids is 8. The number of ether oxygens (including phenoxy) is 5. The van der Waals surface area contributed by atoms with E-state index in [4.69, 9.17) is 23.7 Å². The second-order valence-electron chi connectivity index (χ2n) is 27.9. The molecular formula is C70H92N10O18S2. The highest BCUT2D eigenvalue weighted by Crippen LogP contribution is 2.47. The first-order valence-electron chi connectivity index (χ1n) is 34.3. The number of aliphatic hydroxyl groups is 1. The Morgan fingerprint density at radius 2 is 1.04 bits per heavy atom. The highest BCUT2D eigenvalue weighted by Gasteiger charge is 2.63. The minimum absolute atomic E-state index is 0.00490. The number of rotatable bonds is 26. The molecule has 4 heterocycles. The Kier molecular flexibility index (Phi) is 23.0. The van der Waals surface area contributed by atoms with E-state index >= 15 is 0 Å². The van der Waals surface area contributed by atoms with Gasteiger partial charge in [0, 0.05) is 59.9 Å². The van der Waals surface area contributed by atoms with E-state index in [1.807, 2.05) is 36.4 Å². The van der Waals surface area contributed by atoms with Gasteiger partial charge in [-0.25, -0.2) is 31.6 Å².